The van der Waals surface area contributed by atoms with Crippen molar-refractivity contribution in [2.45, 2.75) is 6.54 Å². The molecule has 2 rings (SSSR count). The molecule has 0 bridgehead atoms. The number of allylic oxidation sites excluding steroid dienone is 1. The monoisotopic (exact) mass is 220 g/mol. The minimum Gasteiger partial charge on any atom is -0.327 e. The predicted octanol–water partition coefficient (Wildman–Crippen LogP) is 1.58. The number of fused-ring (bicyclic) bond motifs is 1. The van der Waals surface area contributed by atoms with E-state index >= 15 is 0 Å². The van der Waals surface area contributed by atoms with Gasteiger partial charge in [-0.2, -0.15) is 0 Å². The molecule has 0 unspecified atom stereocenters. The van der Waals surface area contributed by atoms with Crippen LogP contribution in [0.5, 0.6) is 0 Å². The minimum atomic E-state index is 0.0652. The van der Waals surface area contributed by atoms with Gasteiger partial charge in [-0.25, -0.2) is 0 Å². The Morgan fingerprint density at radius 1 is 1.40 bits per heavy atom. The summed E-state index contributed by atoms with van der Waals surface area (Å²) >= 11 is 1.59. The Bertz CT molecular complexity index is 539. The van der Waals surface area contributed by atoms with Crippen LogP contribution in [0.2, 0.25) is 0 Å². The molecule has 0 aliphatic heterocycles. The lowest BCUT2D eigenvalue weighted by atomic mass is 10.3. The fraction of sp³-hybridized carbons (Fsp3) is 0.182. The molecule has 0 amide bonds. The molecule has 0 aliphatic rings. The standard InChI is InChI=1S/C11H12N2OS/c12-5-1-2-6-13-7-3-10-9(11(13)14)4-8-15-10/h1-4,7-8H,5-6,12H2/b2-1+. The van der Waals surface area contributed by atoms with Crippen LogP contribution >= 0.6 is 11.3 Å². The van der Waals surface area contributed by atoms with E-state index in [-0.39, 0.29) is 5.56 Å². The lowest BCUT2D eigenvalue weighted by Gasteiger charge is -2.00. The first-order valence-corrected chi connectivity index (χ1v) is 5.62. The summed E-state index contributed by atoms with van der Waals surface area (Å²) in [6.07, 6.45) is 5.58. The van der Waals surface area contributed by atoms with Crippen molar-refractivity contribution < 1.29 is 0 Å². The third kappa shape index (κ3) is 2.00. The average molecular weight is 220 g/mol. The molecule has 2 aromatic rings. The molecule has 0 saturated heterocycles. The Hall–Kier alpha value is -1.39. The molecule has 2 aromatic heterocycles. The van der Waals surface area contributed by atoms with E-state index in [1.807, 2.05) is 35.9 Å². The molecule has 0 aliphatic carbocycles. The van der Waals surface area contributed by atoms with Crippen molar-refractivity contribution in [1.29, 1.82) is 0 Å². The minimum absolute atomic E-state index is 0.0652. The van der Waals surface area contributed by atoms with Crippen molar-refractivity contribution in [2.75, 3.05) is 6.54 Å². The number of nitrogens with two attached hydrogens (primary N) is 1. The van der Waals surface area contributed by atoms with Crippen LogP contribution in [0, 0.1) is 0 Å². The predicted molar refractivity (Wildman–Crippen MR) is 64.3 cm³/mol. The number of rotatable bonds is 3. The Balaban J connectivity index is 2.40. The summed E-state index contributed by atoms with van der Waals surface area (Å²) in [6, 6.07) is 3.84. The smallest absolute Gasteiger partial charge is 0.259 e. The fourth-order valence-corrected chi connectivity index (χ4v) is 2.21. The van der Waals surface area contributed by atoms with E-state index in [1.54, 1.807) is 15.9 Å². The SMILES string of the molecule is NC/C=C/Cn1ccc2sccc2c1=O. The number of hydrogen-bond donors (Lipinski definition) is 1. The first kappa shape index (κ1) is 10.1. The fourth-order valence-electron chi connectivity index (χ4n) is 1.43. The summed E-state index contributed by atoms with van der Waals surface area (Å²) in [5.41, 5.74) is 5.40. The first-order valence-electron chi connectivity index (χ1n) is 4.74. The zero-order valence-electron chi connectivity index (χ0n) is 8.22. The van der Waals surface area contributed by atoms with Crippen LogP contribution in [0.3, 0.4) is 0 Å². The van der Waals surface area contributed by atoms with Crippen molar-refractivity contribution >= 4 is 21.4 Å². The third-order valence-electron chi connectivity index (χ3n) is 2.20. The summed E-state index contributed by atoms with van der Waals surface area (Å²) in [5.74, 6) is 0. The normalized spacial score (nSPS) is 11.5. The topological polar surface area (TPSA) is 48.0 Å². The Labute approximate surface area is 91.5 Å². The van der Waals surface area contributed by atoms with Crippen LogP contribution in [0.25, 0.3) is 10.1 Å². The van der Waals surface area contributed by atoms with Gasteiger partial charge in [0, 0.05) is 24.0 Å². The summed E-state index contributed by atoms with van der Waals surface area (Å²) in [7, 11) is 0. The molecule has 2 heterocycles. The molecule has 4 heteroatoms. The van der Waals surface area contributed by atoms with E-state index in [4.69, 9.17) is 5.73 Å². The van der Waals surface area contributed by atoms with Crippen molar-refractivity contribution in [1.82, 2.24) is 4.57 Å². The van der Waals surface area contributed by atoms with Gasteiger partial charge in [-0.15, -0.1) is 11.3 Å². The quantitative estimate of drug-likeness (QED) is 0.798. The van der Waals surface area contributed by atoms with Crippen LogP contribution < -0.4 is 11.3 Å². The molecule has 2 N–H and O–H groups in total. The maximum Gasteiger partial charge on any atom is 0.259 e. The molecule has 0 aromatic carbocycles. The third-order valence-corrected chi connectivity index (χ3v) is 3.08. The molecule has 3 nitrogen and oxygen atoms in total. The number of pyridine rings is 1. The Morgan fingerprint density at radius 2 is 2.27 bits per heavy atom. The zero-order valence-corrected chi connectivity index (χ0v) is 9.04. The van der Waals surface area contributed by atoms with E-state index in [0.29, 0.717) is 13.1 Å². The van der Waals surface area contributed by atoms with Crippen molar-refractivity contribution in [2.24, 2.45) is 5.73 Å². The van der Waals surface area contributed by atoms with Gasteiger partial charge in [0.1, 0.15) is 0 Å². The summed E-state index contributed by atoms with van der Waals surface area (Å²) in [5, 5.41) is 2.73. The van der Waals surface area contributed by atoms with E-state index in [1.165, 1.54) is 0 Å². The van der Waals surface area contributed by atoms with Gasteiger partial charge in [0.25, 0.3) is 5.56 Å². The molecule has 0 fully saturated rings. The largest absolute Gasteiger partial charge is 0.327 e. The van der Waals surface area contributed by atoms with E-state index in [9.17, 15) is 4.79 Å². The lowest BCUT2D eigenvalue weighted by molar-refractivity contribution is 0.787. The van der Waals surface area contributed by atoms with Crippen LogP contribution in [-0.2, 0) is 6.54 Å². The van der Waals surface area contributed by atoms with Crippen molar-refractivity contribution in [3.8, 4) is 0 Å². The summed E-state index contributed by atoms with van der Waals surface area (Å²) < 4.78 is 2.72. The van der Waals surface area contributed by atoms with Gasteiger partial charge in [0.05, 0.1) is 5.39 Å². The molecular formula is C11H12N2OS. The van der Waals surface area contributed by atoms with Gasteiger partial charge in [-0.05, 0) is 17.5 Å². The van der Waals surface area contributed by atoms with Gasteiger partial charge < -0.3 is 10.3 Å². The van der Waals surface area contributed by atoms with E-state index in [0.717, 1.165) is 10.1 Å². The highest BCUT2D eigenvalue weighted by Crippen LogP contribution is 2.15. The van der Waals surface area contributed by atoms with Crippen LogP contribution in [0.1, 0.15) is 0 Å². The number of aromatic nitrogens is 1. The summed E-state index contributed by atoms with van der Waals surface area (Å²) in [4.78, 5) is 11.9. The van der Waals surface area contributed by atoms with Gasteiger partial charge in [-0.3, -0.25) is 4.79 Å². The number of hydrogen-bond acceptors (Lipinski definition) is 3. The van der Waals surface area contributed by atoms with Crippen molar-refractivity contribution in [3.05, 3.63) is 46.2 Å². The van der Waals surface area contributed by atoms with Gasteiger partial charge >= 0.3 is 0 Å². The first-order chi connectivity index (χ1) is 7.33. The highest BCUT2D eigenvalue weighted by molar-refractivity contribution is 7.17. The second-order valence-electron chi connectivity index (χ2n) is 3.18. The Kier molecular flexibility index (Phi) is 2.99. The van der Waals surface area contributed by atoms with E-state index < -0.39 is 0 Å². The van der Waals surface area contributed by atoms with Crippen LogP contribution in [0.15, 0.2) is 40.7 Å². The summed E-state index contributed by atoms with van der Waals surface area (Å²) in [6.45, 7) is 1.09. The van der Waals surface area contributed by atoms with Gasteiger partial charge in [0.15, 0.2) is 0 Å². The second-order valence-corrected chi connectivity index (χ2v) is 4.13. The van der Waals surface area contributed by atoms with Crippen molar-refractivity contribution in [3.63, 3.8) is 0 Å². The van der Waals surface area contributed by atoms with Gasteiger partial charge in [-0.1, -0.05) is 12.2 Å². The maximum atomic E-state index is 11.9. The Morgan fingerprint density at radius 3 is 3.07 bits per heavy atom. The highest BCUT2D eigenvalue weighted by atomic mass is 32.1. The average Bonchev–Trinajstić information content (AvgIpc) is 2.70. The second kappa shape index (κ2) is 4.42. The molecule has 0 saturated carbocycles. The molecule has 0 atom stereocenters. The highest BCUT2D eigenvalue weighted by Gasteiger charge is 2.01. The number of thiophene rings is 1. The molecule has 0 radical (unpaired) electrons. The molecule has 15 heavy (non-hydrogen) atoms. The molecule has 0 spiro atoms. The van der Waals surface area contributed by atoms with Crippen LogP contribution in [0.4, 0.5) is 0 Å². The van der Waals surface area contributed by atoms with Crippen LogP contribution in [-0.4, -0.2) is 11.1 Å². The molecule has 78 valence electrons. The zero-order chi connectivity index (χ0) is 10.7. The van der Waals surface area contributed by atoms with Gasteiger partial charge in [0.2, 0.25) is 0 Å². The maximum absolute atomic E-state index is 11.9. The van der Waals surface area contributed by atoms with E-state index in [2.05, 4.69) is 0 Å². The number of nitrogens with zero attached hydrogens (tertiary/aromatic N) is 1. The molecular weight excluding hydrogens is 208 g/mol. The lowest BCUT2D eigenvalue weighted by Crippen LogP contribution is -2.17.